The van der Waals surface area contributed by atoms with E-state index in [-0.39, 0.29) is 47.8 Å². The zero-order valence-corrected chi connectivity index (χ0v) is 73.1. The van der Waals surface area contributed by atoms with E-state index in [0.29, 0.717) is 101 Å². The van der Waals surface area contributed by atoms with E-state index in [9.17, 15) is 29.1 Å². The van der Waals surface area contributed by atoms with Crippen molar-refractivity contribution in [1.29, 1.82) is 0 Å². The first-order chi connectivity index (χ1) is 60.4. The fourth-order valence-corrected chi connectivity index (χ4v) is 15.3. The van der Waals surface area contributed by atoms with Crippen LogP contribution in [0.25, 0.3) is 45.0 Å². The third-order valence-corrected chi connectivity index (χ3v) is 22.3. The van der Waals surface area contributed by atoms with Crippen molar-refractivity contribution in [3.8, 4) is 45.0 Å². The molecular formula is C95H95Cl4N19O7. The highest BCUT2D eigenvalue weighted by Gasteiger charge is 2.27. The number of amides is 5. The molecule has 5 amide bonds. The fraction of sp³-hybridized carbons (Fsp3) is 0.242. The molecule has 0 saturated carbocycles. The Bertz CT molecular complexity index is 5910. The van der Waals surface area contributed by atoms with E-state index in [0.717, 1.165) is 140 Å². The van der Waals surface area contributed by atoms with Gasteiger partial charge in [0.25, 0.3) is 23.6 Å². The first kappa shape index (κ1) is 89.7. The molecule has 0 aliphatic carbocycles. The number of imidazole rings is 1. The Labute approximate surface area is 745 Å². The number of aromatic nitrogens is 10. The molecule has 3 aliphatic rings. The number of carbonyl (C=O) groups is 5. The van der Waals surface area contributed by atoms with Crippen LogP contribution in [0.5, 0.6) is 0 Å². The molecule has 0 bridgehead atoms. The number of rotatable bonds is 20. The second-order valence-corrected chi connectivity index (χ2v) is 31.8. The summed E-state index contributed by atoms with van der Waals surface area (Å²) in [6, 6.07) is 58.5. The number of benzene rings is 4. The van der Waals surface area contributed by atoms with Gasteiger partial charge in [-0.05, 0) is 231 Å². The van der Waals surface area contributed by atoms with Crippen LogP contribution < -0.4 is 41.3 Å². The van der Waals surface area contributed by atoms with Crippen LogP contribution in [-0.2, 0) is 16.1 Å². The molecule has 13 aromatic rings. The summed E-state index contributed by atoms with van der Waals surface area (Å²) in [5, 5.41) is 27.0. The smallest absolute Gasteiger partial charge is 0.257 e. The number of piperazine rings is 1. The largest absolute Gasteiger partial charge is 0.393 e. The topological polar surface area (TPSA) is 309 Å². The van der Waals surface area contributed by atoms with Crippen molar-refractivity contribution in [2.75, 3.05) is 100 Å². The Morgan fingerprint density at radius 3 is 1.10 bits per heavy atom. The molecule has 3 aliphatic heterocycles. The van der Waals surface area contributed by atoms with Crippen LogP contribution in [0.1, 0.15) is 104 Å². The molecule has 3 fully saturated rings. The monoisotopic (exact) mass is 1750 g/mol. The van der Waals surface area contributed by atoms with Crippen molar-refractivity contribution in [3.05, 3.63) is 303 Å². The van der Waals surface area contributed by atoms with E-state index >= 15 is 0 Å². The molecule has 6 N–H and O–H groups in total. The maximum atomic E-state index is 12.9. The second kappa shape index (κ2) is 42.8. The molecule has 2 unspecified atom stereocenters. The average Bonchev–Trinajstić information content (AvgIpc) is 0.934. The van der Waals surface area contributed by atoms with E-state index in [2.05, 4.69) is 100.0 Å². The molecule has 125 heavy (non-hydrogen) atoms. The summed E-state index contributed by atoms with van der Waals surface area (Å²) < 4.78 is 7.83. The minimum atomic E-state index is -0.239. The first-order valence-electron chi connectivity index (χ1n) is 41.0. The van der Waals surface area contributed by atoms with Crippen molar-refractivity contribution in [2.45, 2.75) is 92.6 Å². The molecule has 2 atom stereocenters. The van der Waals surface area contributed by atoms with Crippen molar-refractivity contribution in [2.24, 2.45) is 0 Å². The summed E-state index contributed by atoms with van der Waals surface area (Å²) in [4.78, 5) is 111. The van der Waals surface area contributed by atoms with Crippen LogP contribution >= 0.6 is 46.4 Å². The highest BCUT2D eigenvalue weighted by atomic mass is 35.5. The van der Waals surface area contributed by atoms with Crippen LogP contribution in [0.3, 0.4) is 0 Å². The number of aryl methyl sites for hydroxylation is 5. The zero-order valence-electron chi connectivity index (χ0n) is 70.1. The Morgan fingerprint density at radius 1 is 0.424 bits per heavy atom. The lowest BCUT2D eigenvalue weighted by atomic mass is 10.1. The first-order valence-corrected chi connectivity index (χ1v) is 42.5. The van der Waals surface area contributed by atoms with E-state index in [4.69, 9.17) is 51.1 Å². The van der Waals surface area contributed by atoms with Gasteiger partial charge in [-0.1, -0.05) is 70.7 Å². The predicted molar refractivity (Wildman–Crippen MR) is 496 cm³/mol. The van der Waals surface area contributed by atoms with Gasteiger partial charge in [-0.2, -0.15) is 0 Å². The van der Waals surface area contributed by atoms with Gasteiger partial charge in [-0.15, -0.1) is 0 Å². The highest BCUT2D eigenvalue weighted by Crippen LogP contribution is 2.35. The van der Waals surface area contributed by atoms with Gasteiger partial charge in [0.15, 0.2) is 0 Å². The summed E-state index contributed by atoms with van der Waals surface area (Å²) in [5.74, 6) is 2.44. The number of hydrogen-bond donors (Lipinski definition) is 6. The van der Waals surface area contributed by atoms with Crippen molar-refractivity contribution in [3.63, 3.8) is 0 Å². The van der Waals surface area contributed by atoms with Gasteiger partial charge in [0.05, 0.1) is 113 Å². The summed E-state index contributed by atoms with van der Waals surface area (Å²) >= 11 is 25.3. The van der Waals surface area contributed by atoms with Crippen molar-refractivity contribution in [1.82, 2.24) is 54.3 Å². The van der Waals surface area contributed by atoms with Gasteiger partial charge in [-0.3, -0.25) is 43.9 Å². The Morgan fingerprint density at radius 2 is 0.776 bits per heavy atom. The van der Waals surface area contributed by atoms with Crippen LogP contribution in [0, 0.1) is 27.7 Å². The average molecular weight is 1760 g/mol. The number of pyridine rings is 8. The molecule has 0 spiro atoms. The number of nitrogens with one attached hydrogen (secondary N) is 5. The molecule has 26 nitrogen and oxygen atoms in total. The molecule has 0 radical (unpaired) electrons. The van der Waals surface area contributed by atoms with E-state index < -0.39 is 0 Å². The van der Waals surface area contributed by atoms with Crippen LogP contribution in [0.2, 0.25) is 20.1 Å². The maximum Gasteiger partial charge on any atom is 0.257 e. The maximum absolute atomic E-state index is 12.9. The molecule has 3 saturated heterocycles. The number of ether oxygens (including phenoxy) is 1. The number of aliphatic hydroxyl groups is 1. The van der Waals surface area contributed by atoms with Crippen molar-refractivity contribution < 1.29 is 33.8 Å². The van der Waals surface area contributed by atoms with Gasteiger partial charge in [-0.25, -0.2) is 24.9 Å². The zero-order chi connectivity index (χ0) is 88.0. The summed E-state index contributed by atoms with van der Waals surface area (Å²) in [6.45, 7) is 20.6. The van der Waals surface area contributed by atoms with Crippen LogP contribution in [0.15, 0.2) is 238 Å². The van der Waals surface area contributed by atoms with Crippen LogP contribution in [-0.4, -0.2) is 166 Å². The lowest BCUT2D eigenvalue weighted by molar-refractivity contribution is -0.129. The fourth-order valence-electron chi connectivity index (χ4n) is 14.5. The summed E-state index contributed by atoms with van der Waals surface area (Å²) in [7, 11) is 0. The number of aliphatic hydroxyl groups excluding tert-OH is 1. The lowest BCUT2D eigenvalue weighted by Crippen LogP contribution is -2.48. The molecule has 4 aromatic carbocycles. The predicted octanol–water partition coefficient (Wildman–Crippen LogP) is 18.4. The number of nitrogens with zero attached hydrogens (tertiary/aromatic N) is 14. The molecule has 9 aromatic heterocycles. The number of morpholine rings is 1. The Hall–Kier alpha value is -13.1. The minimum Gasteiger partial charge on any atom is -0.393 e. The van der Waals surface area contributed by atoms with Gasteiger partial charge in [0.1, 0.15) is 23.3 Å². The number of carbonyl (C=O) groups excluding carboxylic acids is 5. The Balaban J connectivity index is 0.000000143. The van der Waals surface area contributed by atoms with Gasteiger partial charge < -0.3 is 60.6 Å². The summed E-state index contributed by atoms with van der Waals surface area (Å²) in [6.07, 6.45) is 14.8. The van der Waals surface area contributed by atoms with Gasteiger partial charge in [0.2, 0.25) is 5.91 Å². The number of piperidine rings is 1. The van der Waals surface area contributed by atoms with E-state index in [1.807, 2.05) is 171 Å². The normalized spacial score (nSPS) is 14.4. The lowest BCUT2D eigenvalue weighted by Gasteiger charge is -2.36. The van der Waals surface area contributed by atoms with Gasteiger partial charge in [0, 0.05) is 155 Å². The van der Waals surface area contributed by atoms with Gasteiger partial charge >= 0.3 is 0 Å². The standard InChI is InChI=1S/C24H23ClN6O.C24H24ClN5O2.C24H25ClN4O2.C23H23ClN4O2/c1-17-19(7-9-23(29-17)28-11-4-13-31-14-12-26-16-31)24(32)30-18-6-8-21(25)20(15-18)22-5-2-3-10-27-22;1-16-19(7-9-23(27-16)30-13-11-29(12-14-30)17(2)31)24(32)28-18-6-8-21(25)20(15-18)22-5-3-4-10-26-22;1-15-13-29(14-16(2)31-15)23-10-8-19(17(3)27-23)24(30)28-18-7-9-21(25)20(12-18)22-6-4-5-11-26-22;1-15-18(6-8-22(26-15)28-12-9-17(29)10-13-28)23(30)27-16-5-7-20(24)19(14-16)21-4-2-3-11-25-21/h2-3,5-10,12,14-16H,4,11,13H2,1H3,(H,28,29)(H,30,32);3-10,15H,11-14H2,1-2H3,(H,28,32);4-12,15-16H,13-14H2,1-3H3,(H,28,30);2-8,11,14,17,29H,9-10,12-13H2,1H3,(H,27,30). The SMILES string of the molecule is CC(=O)N1CCN(c2ccc(C(=O)Nc3ccc(Cl)c(-c4ccccn4)c3)c(C)n2)CC1.Cc1nc(N2CC(C)OC(C)C2)ccc1C(=O)Nc1ccc(Cl)c(-c2ccccn2)c1.Cc1nc(N2CCC(O)CC2)ccc1C(=O)Nc1ccc(Cl)c(-c2ccccn2)c1.Cc1nc(NCCCn2ccnc2)ccc1C(=O)Nc1ccc(Cl)c(-c2ccccn2)c1. The summed E-state index contributed by atoms with van der Waals surface area (Å²) in [5.41, 5.74) is 13.3. The molecule has 16 rings (SSSR count). The minimum absolute atomic E-state index is 0.0919. The molecular weight excluding hydrogens is 1660 g/mol. The van der Waals surface area contributed by atoms with Crippen LogP contribution in [0.4, 0.5) is 46.0 Å². The number of halogens is 4. The Kier molecular flexibility index (Phi) is 30.7. The second-order valence-electron chi connectivity index (χ2n) is 30.1. The van der Waals surface area contributed by atoms with E-state index in [1.54, 1.807) is 111 Å². The third kappa shape index (κ3) is 24.3. The third-order valence-electron chi connectivity index (χ3n) is 21.0. The molecule has 30 heteroatoms. The molecule has 12 heterocycles. The number of hydrogen-bond acceptors (Lipinski definition) is 20. The number of anilines is 8. The quantitative estimate of drug-likeness (QED) is 0.0386. The highest BCUT2D eigenvalue weighted by molar-refractivity contribution is 6.35. The van der Waals surface area contributed by atoms with Crippen molar-refractivity contribution >= 4 is 122 Å². The van der Waals surface area contributed by atoms with E-state index in [1.165, 1.54) is 0 Å². The molecule has 640 valence electrons.